The van der Waals surface area contributed by atoms with Crippen molar-refractivity contribution in [3.8, 4) is 5.75 Å². The maximum Gasteiger partial charge on any atom is 0.419 e. The van der Waals surface area contributed by atoms with Crippen LogP contribution in [0, 0.1) is 0 Å². The number of halogens is 3. The van der Waals surface area contributed by atoms with Crippen LogP contribution in [-0.2, 0) is 11.0 Å². The molecule has 0 bridgehead atoms. The fourth-order valence-electron chi connectivity index (χ4n) is 3.59. The van der Waals surface area contributed by atoms with E-state index in [-0.39, 0.29) is 11.7 Å². The van der Waals surface area contributed by atoms with E-state index >= 15 is 0 Å². The molecular weight excluding hydrogens is 347 g/mol. The third kappa shape index (κ3) is 4.29. The molecule has 26 heavy (non-hydrogen) atoms. The molecule has 2 fully saturated rings. The lowest BCUT2D eigenvalue weighted by atomic mass is 10.2. The van der Waals surface area contributed by atoms with Crippen molar-refractivity contribution in [2.45, 2.75) is 31.7 Å². The van der Waals surface area contributed by atoms with Crippen LogP contribution in [0.4, 0.5) is 13.2 Å². The Morgan fingerprint density at radius 2 is 1.92 bits per heavy atom. The van der Waals surface area contributed by atoms with Gasteiger partial charge in [-0.05, 0) is 25.5 Å². The lowest BCUT2D eigenvalue weighted by molar-refractivity contribution is -0.143. The predicted molar refractivity (Wildman–Crippen MR) is 91.0 cm³/mol. The van der Waals surface area contributed by atoms with Crippen LogP contribution in [0.15, 0.2) is 24.3 Å². The number of benzene rings is 1. The number of carbonyl (C=O) groups is 1. The minimum absolute atomic E-state index is 0.264. The van der Waals surface area contributed by atoms with Crippen LogP contribution in [0.25, 0.3) is 0 Å². The van der Waals surface area contributed by atoms with E-state index in [4.69, 9.17) is 4.74 Å². The second-order valence-electron chi connectivity index (χ2n) is 6.77. The van der Waals surface area contributed by atoms with E-state index in [0.29, 0.717) is 19.1 Å². The average Bonchev–Trinajstić information content (AvgIpc) is 3.11. The molecule has 2 heterocycles. The summed E-state index contributed by atoms with van der Waals surface area (Å²) in [5, 5.41) is 3.30. The highest BCUT2D eigenvalue weighted by Gasteiger charge is 2.36. The number of rotatable bonds is 4. The number of hydrogen-bond donors (Lipinski definition) is 1. The van der Waals surface area contributed by atoms with E-state index in [1.807, 2.05) is 0 Å². The van der Waals surface area contributed by atoms with Crippen molar-refractivity contribution in [1.82, 2.24) is 15.1 Å². The van der Waals surface area contributed by atoms with E-state index in [9.17, 15) is 18.0 Å². The van der Waals surface area contributed by atoms with Crippen molar-refractivity contribution < 1.29 is 22.7 Å². The van der Waals surface area contributed by atoms with Crippen molar-refractivity contribution in [1.29, 1.82) is 0 Å². The van der Waals surface area contributed by atoms with Gasteiger partial charge in [0.15, 0.2) is 6.10 Å². The fraction of sp³-hybridized carbons (Fsp3) is 0.611. The van der Waals surface area contributed by atoms with Crippen LogP contribution in [0.5, 0.6) is 5.75 Å². The molecule has 2 atom stereocenters. The van der Waals surface area contributed by atoms with Crippen molar-refractivity contribution >= 4 is 5.91 Å². The Bertz CT molecular complexity index is 632. The van der Waals surface area contributed by atoms with Gasteiger partial charge in [-0.15, -0.1) is 0 Å². The summed E-state index contributed by atoms with van der Waals surface area (Å²) in [6, 6.07) is 5.30. The zero-order valence-electron chi connectivity index (χ0n) is 14.8. The van der Waals surface area contributed by atoms with E-state index in [1.165, 1.54) is 25.1 Å². The normalized spacial score (nSPS) is 23.1. The molecule has 1 N–H and O–H groups in total. The number of hydrogen-bond acceptors (Lipinski definition) is 4. The van der Waals surface area contributed by atoms with Gasteiger partial charge in [0, 0.05) is 45.3 Å². The highest BCUT2D eigenvalue weighted by molar-refractivity contribution is 5.81. The zero-order chi connectivity index (χ0) is 18.7. The first-order chi connectivity index (χ1) is 12.4. The van der Waals surface area contributed by atoms with Crippen molar-refractivity contribution in [3.63, 3.8) is 0 Å². The van der Waals surface area contributed by atoms with Crippen LogP contribution in [0.3, 0.4) is 0 Å². The maximum absolute atomic E-state index is 13.1. The number of para-hydroxylation sites is 1. The number of piperazine rings is 1. The number of carbonyl (C=O) groups excluding carboxylic acids is 1. The molecule has 5 nitrogen and oxygen atoms in total. The van der Waals surface area contributed by atoms with Crippen LogP contribution >= 0.6 is 0 Å². The number of ether oxygens (including phenoxy) is 1. The first-order valence-electron chi connectivity index (χ1n) is 8.92. The van der Waals surface area contributed by atoms with Gasteiger partial charge in [-0.2, -0.15) is 13.2 Å². The molecule has 0 aliphatic carbocycles. The lowest BCUT2D eigenvalue weighted by Crippen LogP contribution is -2.50. The summed E-state index contributed by atoms with van der Waals surface area (Å²) >= 11 is 0. The topological polar surface area (TPSA) is 44.8 Å². The van der Waals surface area contributed by atoms with Gasteiger partial charge in [0.1, 0.15) is 5.75 Å². The van der Waals surface area contributed by atoms with Crippen molar-refractivity contribution in [2.75, 3.05) is 39.3 Å². The highest BCUT2D eigenvalue weighted by Crippen LogP contribution is 2.36. The van der Waals surface area contributed by atoms with E-state index in [0.717, 1.165) is 38.7 Å². The van der Waals surface area contributed by atoms with E-state index in [2.05, 4.69) is 10.2 Å². The quantitative estimate of drug-likeness (QED) is 0.879. The van der Waals surface area contributed by atoms with Crippen molar-refractivity contribution in [3.05, 3.63) is 29.8 Å². The predicted octanol–water partition coefficient (Wildman–Crippen LogP) is 1.98. The molecule has 2 unspecified atom stereocenters. The molecule has 0 spiro atoms. The Morgan fingerprint density at radius 1 is 1.23 bits per heavy atom. The number of amides is 1. The third-order valence-corrected chi connectivity index (χ3v) is 4.99. The summed E-state index contributed by atoms with van der Waals surface area (Å²) in [7, 11) is 0. The highest BCUT2D eigenvalue weighted by atomic mass is 19.4. The number of nitrogens with zero attached hydrogens (tertiary/aromatic N) is 2. The van der Waals surface area contributed by atoms with Gasteiger partial charge in [-0.25, -0.2) is 0 Å². The van der Waals surface area contributed by atoms with Crippen LogP contribution in [-0.4, -0.2) is 67.1 Å². The molecule has 2 aliphatic rings. The molecule has 1 amide bonds. The largest absolute Gasteiger partial charge is 0.480 e. The number of likely N-dealkylation sites (tertiary alicyclic amines) is 1. The number of alkyl halides is 3. The Hall–Kier alpha value is -1.80. The molecule has 0 saturated carbocycles. The minimum atomic E-state index is -4.51. The Kier molecular flexibility index (Phi) is 5.72. The molecule has 8 heteroatoms. The smallest absolute Gasteiger partial charge is 0.419 e. The molecule has 1 aromatic carbocycles. The van der Waals surface area contributed by atoms with Gasteiger partial charge in [0.2, 0.25) is 0 Å². The summed E-state index contributed by atoms with van der Waals surface area (Å²) in [6.07, 6.45) is -4.59. The minimum Gasteiger partial charge on any atom is -0.480 e. The van der Waals surface area contributed by atoms with Crippen LogP contribution < -0.4 is 10.1 Å². The average molecular weight is 371 g/mol. The van der Waals surface area contributed by atoms with Gasteiger partial charge in [-0.3, -0.25) is 9.69 Å². The standard InChI is InChI=1S/C18H24F3N3O2/c1-13(26-16-5-3-2-4-15(16)18(19,20)21)17(25)24-9-6-14(12-24)23-10-7-22-8-11-23/h2-5,13-14,22H,6-12H2,1H3. The molecule has 1 aromatic rings. The van der Waals surface area contributed by atoms with Gasteiger partial charge >= 0.3 is 6.18 Å². The molecule has 2 aliphatic heterocycles. The summed E-state index contributed by atoms with van der Waals surface area (Å²) in [5.74, 6) is -0.571. The Labute approximate surface area is 151 Å². The summed E-state index contributed by atoms with van der Waals surface area (Å²) < 4.78 is 44.6. The van der Waals surface area contributed by atoms with Crippen molar-refractivity contribution in [2.24, 2.45) is 0 Å². The molecule has 0 aromatic heterocycles. The van der Waals surface area contributed by atoms with Gasteiger partial charge in [0.05, 0.1) is 5.56 Å². The molecule has 144 valence electrons. The zero-order valence-corrected chi connectivity index (χ0v) is 14.8. The third-order valence-electron chi connectivity index (χ3n) is 4.99. The van der Waals surface area contributed by atoms with E-state index < -0.39 is 17.8 Å². The summed E-state index contributed by atoms with van der Waals surface area (Å²) in [6.45, 7) is 6.52. The second kappa shape index (κ2) is 7.84. The molecule has 2 saturated heterocycles. The molecular formula is C18H24F3N3O2. The fourth-order valence-corrected chi connectivity index (χ4v) is 3.59. The van der Waals surface area contributed by atoms with Gasteiger partial charge in [-0.1, -0.05) is 12.1 Å². The van der Waals surface area contributed by atoms with E-state index in [1.54, 1.807) is 4.90 Å². The Balaban J connectivity index is 1.60. The van der Waals surface area contributed by atoms with Gasteiger partial charge < -0.3 is 15.0 Å². The SMILES string of the molecule is CC(Oc1ccccc1C(F)(F)F)C(=O)N1CCC(N2CCNCC2)C1. The lowest BCUT2D eigenvalue weighted by Gasteiger charge is -2.32. The second-order valence-corrected chi connectivity index (χ2v) is 6.77. The van der Waals surface area contributed by atoms with Crippen LogP contribution in [0.2, 0.25) is 0 Å². The first kappa shape index (κ1) is 19.0. The summed E-state index contributed by atoms with van der Waals surface area (Å²) in [5.41, 5.74) is -0.861. The van der Waals surface area contributed by atoms with Gasteiger partial charge in [0.25, 0.3) is 5.91 Å². The number of nitrogens with one attached hydrogen (secondary N) is 1. The summed E-state index contributed by atoms with van der Waals surface area (Å²) in [4.78, 5) is 16.7. The maximum atomic E-state index is 13.1. The molecule has 0 radical (unpaired) electrons. The molecule has 3 rings (SSSR count). The first-order valence-corrected chi connectivity index (χ1v) is 8.92. The Morgan fingerprint density at radius 3 is 2.62 bits per heavy atom. The van der Waals surface area contributed by atoms with Crippen LogP contribution in [0.1, 0.15) is 18.9 Å². The monoisotopic (exact) mass is 371 g/mol.